The predicted molar refractivity (Wildman–Crippen MR) is 99.0 cm³/mol. The van der Waals surface area contributed by atoms with E-state index in [0.717, 1.165) is 41.4 Å². The molecule has 0 saturated carbocycles. The molecule has 0 bridgehead atoms. The van der Waals surface area contributed by atoms with Crippen LogP contribution in [0.25, 0.3) is 22.6 Å². The van der Waals surface area contributed by atoms with Gasteiger partial charge in [-0.1, -0.05) is 30.3 Å². The Kier molecular flexibility index (Phi) is 4.27. The molecule has 1 amide bonds. The van der Waals surface area contributed by atoms with Gasteiger partial charge in [-0.05, 0) is 24.1 Å². The van der Waals surface area contributed by atoms with Crippen molar-refractivity contribution in [1.29, 1.82) is 0 Å². The van der Waals surface area contributed by atoms with Gasteiger partial charge in [0.1, 0.15) is 11.6 Å². The van der Waals surface area contributed by atoms with Gasteiger partial charge in [0.05, 0.1) is 17.9 Å². The molecule has 0 radical (unpaired) electrons. The Hall–Kier alpha value is -3.35. The number of nitrogens with zero attached hydrogens (tertiary/aromatic N) is 3. The topological polar surface area (TPSA) is 94.1 Å². The zero-order valence-electron chi connectivity index (χ0n) is 14.1. The maximum absolute atomic E-state index is 10.7. The standard InChI is InChI=1S/C19H19N5O2/c25-19(26)22-15-8-9-24(12-15)17-7-6-14(10-20-17)18-21-11-16(23-18)13-4-2-1-3-5-13/h1-7,10-11,15,22H,8-9,12H2,(H,21,23)(H,25,26). The zero-order valence-corrected chi connectivity index (χ0v) is 14.1. The summed E-state index contributed by atoms with van der Waals surface area (Å²) < 4.78 is 0. The molecule has 7 nitrogen and oxygen atoms in total. The highest BCUT2D eigenvalue weighted by Crippen LogP contribution is 2.24. The highest BCUT2D eigenvalue weighted by atomic mass is 16.4. The summed E-state index contributed by atoms with van der Waals surface area (Å²) in [5.74, 6) is 1.62. The van der Waals surface area contributed by atoms with Crippen molar-refractivity contribution >= 4 is 11.9 Å². The van der Waals surface area contributed by atoms with Gasteiger partial charge < -0.3 is 20.3 Å². The van der Waals surface area contributed by atoms with Crippen LogP contribution in [-0.2, 0) is 0 Å². The number of imidazole rings is 1. The van der Waals surface area contributed by atoms with Crippen LogP contribution in [0.1, 0.15) is 6.42 Å². The number of H-pyrrole nitrogens is 1. The van der Waals surface area contributed by atoms with Crippen molar-refractivity contribution in [1.82, 2.24) is 20.3 Å². The van der Waals surface area contributed by atoms with E-state index in [9.17, 15) is 4.79 Å². The molecule has 132 valence electrons. The first-order valence-corrected chi connectivity index (χ1v) is 8.50. The smallest absolute Gasteiger partial charge is 0.404 e. The number of anilines is 1. The van der Waals surface area contributed by atoms with Crippen LogP contribution in [-0.4, -0.2) is 45.3 Å². The predicted octanol–water partition coefficient (Wildman–Crippen LogP) is 2.99. The number of nitrogens with one attached hydrogen (secondary N) is 2. The summed E-state index contributed by atoms with van der Waals surface area (Å²) in [5, 5.41) is 11.4. The molecule has 1 fully saturated rings. The van der Waals surface area contributed by atoms with Crippen LogP contribution in [0.15, 0.2) is 54.9 Å². The van der Waals surface area contributed by atoms with Crippen molar-refractivity contribution in [3.8, 4) is 22.6 Å². The van der Waals surface area contributed by atoms with E-state index in [1.165, 1.54) is 0 Å². The van der Waals surface area contributed by atoms with Crippen LogP contribution in [0, 0.1) is 0 Å². The van der Waals surface area contributed by atoms with Crippen LogP contribution in [0.3, 0.4) is 0 Å². The Balaban J connectivity index is 1.47. The van der Waals surface area contributed by atoms with Crippen LogP contribution in [0.5, 0.6) is 0 Å². The molecule has 1 saturated heterocycles. The summed E-state index contributed by atoms with van der Waals surface area (Å²) in [4.78, 5) is 25.1. The number of benzene rings is 1. The lowest BCUT2D eigenvalue weighted by atomic mass is 10.2. The van der Waals surface area contributed by atoms with Crippen molar-refractivity contribution in [2.45, 2.75) is 12.5 Å². The number of carbonyl (C=O) groups is 1. The highest BCUT2D eigenvalue weighted by molar-refractivity contribution is 5.66. The molecule has 1 aromatic carbocycles. The first-order valence-electron chi connectivity index (χ1n) is 8.50. The van der Waals surface area contributed by atoms with Gasteiger partial charge >= 0.3 is 6.09 Å². The number of aromatic nitrogens is 3. The number of hydrogen-bond acceptors (Lipinski definition) is 4. The Morgan fingerprint density at radius 2 is 1.96 bits per heavy atom. The van der Waals surface area contributed by atoms with E-state index in [1.54, 1.807) is 6.20 Å². The Bertz CT molecular complexity index is 892. The first kappa shape index (κ1) is 16.1. The summed E-state index contributed by atoms with van der Waals surface area (Å²) in [7, 11) is 0. The molecule has 3 aromatic rings. The normalized spacial score (nSPS) is 16.6. The van der Waals surface area contributed by atoms with Gasteiger partial charge in [0.2, 0.25) is 0 Å². The minimum atomic E-state index is -0.979. The third-order valence-corrected chi connectivity index (χ3v) is 4.52. The fourth-order valence-corrected chi connectivity index (χ4v) is 3.21. The molecule has 26 heavy (non-hydrogen) atoms. The van der Waals surface area contributed by atoms with Crippen LogP contribution in [0.4, 0.5) is 10.6 Å². The van der Waals surface area contributed by atoms with Gasteiger partial charge in [0.15, 0.2) is 0 Å². The molecule has 4 rings (SSSR count). The molecule has 3 heterocycles. The number of pyridine rings is 1. The minimum Gasteiger partial charge on any atom is -0.465 e. The molecule has 1 unspecified atom stereocenters. The van der Waals surface area contributed by atoms with E-state index in [4.69, 9.17) is 5.11 Å². The summed E-state index contributed by atoms with van der Waals surface area (Å²) in [6.07, 6.45) is 3.42. The molecule has 2 aromatic heterocycles. The highest BCUT2D eigenvalue weighted by Gasteiger charge is 2.24. The maximum atomic E-state index is 10.7. The van der Waals surface area contributed by atoms with Crippen LogP contribution in [0.2, 0.25) is 0 Å². The Morgan fingerprint density at radius 3 is 2.69 bits per heavy atom. The van der Waals surface area contributed by atoms with E-state index < -0.39 is 6.09 Å². The lowest BCUT2D eigenvalue weighted by Crippen LogP contribution is -2.36. The van der Waals surface area contributed by atoms with Gasteiger partial charge in [-0.15, -0.1) is 0 Å². The molecule has 1 aliphatic rings. The second-order valence-corrected chi connectivity index (χ2v) is 6.30. The van der Waals surface area contributed by atoms with Crippen molar-refractivity contribution in [3.05, 3.63) is 54.9 Å². The second-order valence-electron chi connectivity index (χ2n) is 6.30. The van der Waals surface area contributed by atoms with Gasteiger partial charge in [-0.2, -0.15) is 0 Å². The summed E-state index contributed by atoms with van der Waals surface area (Å²) in [5.41, 5.74) is 2.96. The zero-order chi connectivity index (χ0) is 17.9. The Labute approximate surface area is 150 Å². The molecule has 0 spiro atoms. The molecule has 7 heteroatoms. The lowest BCUT2D eigenvalue weighted by molar-refractivity contribution is 0.191. The molecule has 0 aliphatic carbocycles. The number of hydrogen-bond donors (Lipinski definition) is 3. The van der Waals surface area contributed by atoms with Crippen molar-refractivity contribution in [2.75, 3.05) is 18.0 Å². The third-order valence-electron chi connectivity index (χ3n) is 4.52. The Morgan fingerprint density at radius 1 is 1.12 bits per heavy atom. The minimum absolute atomic E-state index is 0.0486. The first-order chi connectivity index (χ1) is 12.7. The van der Waals surface area contributed by atoms with Gasteiger partial charge in [-0.25, -0.2) is 14.8 Å². The fourth-order valence-electron chi connectivity index (χ4n) is 3.21. The van der Waals surface area contributed by atoms with Gasteiger partial charge in [0.25, 0.3) is 0 Å². The number of aromatic amines is 1. The average molecular weight is 349 g/mol. The van der Waals surface area contributed by atoms with Crippen molar-refractivity contribution < 1.29 is 9.90 Å². The van der Waals surface area contributed by atoms with E-state index in [0.29, 0.717) is 6.54 Å². The second kappa shape index (κ2) is 6.87. The third kappa shape index (κ3) is 3.37. The van der Waals surface area contributed by atoms with Gasteiger partial charge in [-0.3, -0.25) is 0 Å². The van der Waals surface area contributed by atoms with Gasteiger partial charge in [0, 0.05) is 24.8 Å². The number of carboxylic acid groups (broad SMARTS) is 1. The summed E-state index contributed by atoms with van der Waals surface area (Å²) in [6, 6.07) is 13.9. The largest absolute Gasteiger partial charge is 0.465 e. The molecule has 1 atom stereocenters. The summed E-state index contributed by atoms with van der Waals surface area (Å²) >= 11 is 0. The van der Waals surface area contributed by atoms with E-state index >= 15 is 0 Å². The number of amides is 1. The molecule has 3 N–H and O–H groups in total. The SMILES string of the molecule is O=C(O)NC1CCN(c2ccc(-c3ncc(-c4ccccc4)[nH]3)cn2)C1. The fraction of sp³-hybridized carbons (Fsp3) is 0.211. The molecular weight excluding hydrogens is 330 g/mol. The quantitative estimate of drug-likeness (QED) is 0.673. The lowest BCUT2D eigenvalue weighted by Gasteiger charge is -2.17. The molecule has 1 aliphatic heterocycles. The molecular formula is C19H19N5O2. The van der Waals surface area contributed by atoms with E-state index in [1.807, 2.05) is 48.7 Å². The van der Waals surface area contributed by atoms with E-state index in [-0.39, 0.29) is 6.04 Å². The monoisotopic (exact) mass is 349 g/mol. The van der Waals surface area contributed by atoms with E-state index in [2.05, 4.69) is 25.2 Å². The summed E-state index contributed by atoms with van der Waals surface area (Å²) in [6.45, 7) is 1.42. The van der Waals surface area contributed by atoms with Crippen molar-refractivity contribution in [3.63, 3.8) is 0 Å². The average Bonchev–Trinajstić information content (AvgIpc) is 3.32. The van der Waals surface area contributed by atoms with Crippen LogP contribution < -0.4 is 10.2 Å². The van der Waals surface area contributed by atoms with Crippen molar-refractivity contribution in [2.24, 2.45) is 0 Å². The maximum Gasteiger partial charge on any atom is 0.404 e. The number of rotatable bonds is 4. The van der Waals surface area contributed by atoms with Crippen LogP contribution >= 0.6 is 0 Å².